The summed E-state index contributed by atoms with van der Waals surface area (Å²) in [6.07, 6.45) is 2.65. The first-order valence-electron chi connectivity index (χ1n) is 5.64. The summed E-state index contributed by atoms with van der Waals surface area (Å²) >= 11 is 3.23. The monoisotopic (exact) mass is 328 g/mol. The molecule has 0 atom stereocenters. The maximum atomic E-state index is 13.4. The van der Waals surface area contributed by atoms with E-state index in [1.165, 1.54) is 25.1 Å². The Morgan fingerprint density at radius 2 is 2.00 bits per heavy atom. The lowest BCUT2D eigenvalue weighted by molar-refractivity contribution is -0.119. The molecule has 0 saturated carbocycles. The lowest BCUT2D eigenvalue weighted by Crippen LogP contribution is -2.32. The number of hydrogen-bond acceptors (Lipinski definition) is 2. The molecule has 0 aromatic heterocycles. The van der Waals surface area contributed by atoms with Gasteiger partial charge in [0.05, 0.1) is 0 Å². The molecule has 2 N–H and O–H groups in total. The Hall–Kier alpha value is -1.69. The fraction of sp³-hybridized carbons (Fsp3) is 0.231. The quantitative estimate of drug-likeness (QED) is 0.640. The van der Waals surface area contributed by atoms with Crippen LogP contribution >= 0.6 is 15.9 Å². The molecule has 6 heteroatoms. The molecule has 4 nitrogen and oxygen atoms in total. The molecule has 0 aliphatic heterocycles. The number of halogens is 2. The van der Waals surface area contributed by atoms with E-state index in [9.17, 15) is 14.0 Å². The van der Waals surface area contributed by atoms with Crippen LogP contribution in [0.25, 0.3) is 6.08 Å². The Labute approximate surface area is 119 Å². The Balaban J connectivity index is 2.45. The minimum atomic E-state index is -0.398. The number of carbonyl (C=O) groups excluding carboxylic acids is 2. The smallest absolute Gasteiger partial charge is 0.244 e. The van der Waals surface area contributed by atoms with Crippen LogP contribution in [0.5, 0.6) is 0 Å². The molecule has 1 aromatic carbocycles. The largest absolute Gasteiger partial charge is 0.355 e. The first kappa shape index (κ1) is 15.4. The summed E-state index contributed by atoms with van der Waals surface area (Å²) < 4.78 is 14.1. The van der Waals surface area contributed by atoms with Crippen LogP contribution < -0.4 is 10.6 Å². The lowest BCUT2D eigenvalue weighted by atomic mass is 10.2. The van der Waals surface area contributed by atoms with Crippen molar-refractivity contribution in [3.8, 4) is 0 Å². The van der Waals surface area contributed by atoms with Crippen LogP contribution in [0.15, 0.2) is 28.7 Å². The third-order valence-electron chi connectivity index (χ3n) is 2.17. The zero-order valence-corrected chi connectivity index (χ0v) is 12.0. The first-order chi connectivity index (χ1) is 8.99. The second kappa shape index (κ2) is 7.68. The number of amides is 2. The van der Waals surface area contributed by atoms with Crippen LogP contribution in [0, 0.1) is 5.82 Å². The topological polar surface area (TPSA) is 58.2 Å². The van der Waals surface area contributed by atoms with Gasteiger partial charge in [-0.3, -0.25) is 9.59 Å². The van der Waals surface area contributed by atoms with E-state index in [4.69, 9.17) is 0 Å². The highest BCUT2D eigenvalue weighted by Crippen LogP contribution is 2.16. The van der Waals surface area contributed by atoms with Crippen molar-refractivity contribution in [3.05, 3.63) is 40.1 Å². The van der Waals surface area contributed by atoms with Crippen molar-refractivity contribution in [1.29, 1.82) is 0 Å². The molecule has 0 heterocycles. The molecule has 1 aromatic rings. The number of carbonyl (C=O) groups is 2. The molecule has 0 aliphatic rings. The summed E-state index contributed by atoms with van der Waals surface area (Å²) in [6, 6.07) is 4.48. The second-order valence-electron chi connectivity index (χ2n) is 3.77. The predicted molar refractivity (Wildman–Crippen MR) is 74.8 cm³/mol. The van der Waals surface area contributed by atoms with Gasteiger partial charge in [0.1, 0.15) is 5.82 Å². The van der Waals surface area contributed by atoms with Gasteiger partial charge in [-0.25, -0.2) is 4.39 Å². The molecule has 0 bridgehead atoms. The van der Waals surface area contributed by atoms with Crippen LogP contribution in [0.1, 0.15) is 12.5 Å². The fourth-order valence-corrected chi connectivity index (χ4v) is 1.67. The Morgan fingerprint density at radius 3 is 2.68 bits per heavy atom. The maximum absolute atomic E-state index is 13.4. The van der Waals surface area contributed by atoms with E-state index >= 15 is 0 Å². The van der Waals surface area contributed by atoms with Crippen molar-refractivity contribution in [2.75, 3.05) is 13.1 Å². The van der Waals surface area contributed by atoms with Crippen molar-refractivity contribution >= 4 is 33.8 Å². The van der Waals surface area contributed by atoms with Crippen molar-refractivity contribution in [2.45, 2.75) is 6.92 Å². The van der Waals surface area contributed by atoms with Gasteiger partial charge in [-0.15, -0.1) is 0 Å². The van der Waals surface area contributed by atoms with Gasteiger partial charge in [-0.1, -0.05) is 15.9 Å². The van der Waals surface area contributed by atoms with E-state index in [1.54, 1.807) is 12.1 Å². The number of rotatable bonds is 5. The highest BCUT2D eigenvalue weighted by atomic mass is 79.9. The van der Waals surface area contributed by atoms with Gasteiger partial charge >= 0.3 is 0 Å². The zero-order valence-electron chi connectivity index (χ0n) is 10.4. The molecule has 0 fully saturated rings. The summed E-state index contributed by atoms with van der Waals surface area (Å²) in [6.45, 7) is 2.08. The molecule has 1 rings (SSSR count). The number of hydrogen-bond donors (Lipinski definition) is 2. The minimum absolute atomic E-state index is 0.152. The Kier molecular flexibility index (Phi) is 6.21. The third-order valence-corrected chi connectivity index (χ3v) is 2.66. The molecule has 0 radical (unpaired) electrons. The molecular formula is C13H14BrFN2O2. The summed E-state index contributed by atoms with van der Waals surface area (Å²) in [5, 5.41) is 5.12. The fourth-order valence-electron chi connectivity index (χ4n) is 1.29. The summed E-state index contributed by atoms with van der Waals surface area (Å²) in [4.78, 5) is 22.0. The van der Waals surface area contributed by atoms with Crippen LogP contribution in [-0.4, -0.2) is 24.9 Å². The van der Waals surface area contributed by atoms with Gasteiger partial charge < -0.3 is 10.6 Å². The molecule has 2 amide bonds. The van der Waals surface area contributed by atoms with Gasteiger partial charge in [-0.05, 0) is 24.3 Å². The highest BCUT2D eigenvalue weighted by Gasteiger charge is 2.00. The first-order valence-corrected chi connectivity index (χ1v) is 6.44. The molecule has 102 valence electrons. The zero-order chi connectivity index (χ0) is 14.3. The molecular weight excluding hydrogens is 315 g/mol. The molecule has 0 spiro atoms. The van der Waals surface area contributed by atoms with E-state index in [1.807, 2.05) is 0 Å². The van der Waals surface area contributed by atoms with Crippen LogP contribution in [0.3, 0.4) is 0 Å². The number of benzene rings is 1. The van der Waals surface area contributed by atoms with Crippen molar-refractivity contribution in [1.82, 2.24) is 10.6 Å². The average Bonchev–Trinajstić information content (AvgIpc) is 2.35. The molecule has 19 heavy (non-hydrogen) atoms. The van der Waals surface area contributed by atoms with Gasteiger partial charge in [-0.2, -0.15) is 0 Å². The van der Waals surface area contributed by atoms with E-state index in [2.05, 4.69) is 26.6 Å². The SMILES string of the molecule is CC(=O)NCCNC(=O)C=Cc1cc(Br)ccc1F. The van der Waals surface area contributed by atoms with Gasteiger partial charge in [0.15, 0.2) is 0 Å². The van der Waals surface area contributed by atoms with Crippen LogP contribution in [0.2, 0.25) is 0 Å². The predicted octanol–water partition coefficient (Wildman–Crippen LogP) is 1.85. The summed E-state index contributed by atoms with van der Waals surface area (Å²) in [7, 11) is 0. The number of nitrogens with one attached hydrogen (secondary N) is 2. The van der Waals surface area contributed by atoms with Gasteiger partial charge in [0, 0.05) is 36.1 Å². The Bertz CT molecular complexity index is 503. The normalized spacial score (nSPS) is 10.5. The second-order valence-corrected chi connectivity index (χ2v) is 4.69. The highest BCUT2D eigenvalue weighted by molar-refractivity contribution is 9.10. The maximum Gasteiger partial charge on any atom is 0.244 e. The van der Waals surface area contributed by atoms with Crippen LogP contribution in [0.4, 0.5) is 4.39 Å². The molecule has 0 saturated heterocycles. The lowest BCUT2D eigenvalue weighted by Gasteiger charge is -2.02. The van der Waals surface area contributed by atoms with Crippen LogP contribution in [-0.2, 0) is 9.59 Å². The van der Waals surface area contributed by atoms with Crippen molar-refractivity contribution in [2.24, 2.45) is 0 Å². The van der Waals surface area contributed by atoms with Crippen molar-refractivity contribution in [3.63, 3.8) is 0 Å². The molecule has 0 unspecified atom stereocenters. The molecule has 0 aliphatic carbocycles. The van der Waals surface area contributed by atoms with Gasteiger partial charge in [0.25, 0.3) is 0 Å². The summed E-state index contributed by atoms with van der Waals surface area (Å²) in [5.74, 6) is -0.892. The van der Waals surface area contributed by atoms with E-state index in [0.29, 0.717) is 18.7 Å². The van der Waals surface area contributed by atoms with Crippen molar-refractivity contribution < 1.29 is 14.0 Å². The minimum Gasteiger partial charge on any atom is -0.355 e. The van der Waals surface area contributed by atoms with E-state index < -0.39 is 5.82 Å². The average molecular weight is 329 g/mol. The third kappa shape index (κ3) is 6.15. The van der Waals surface area contributed by atoms with E-state index in [-0.39, 0.29) is 11.8 Å². The Morgan fingerprint density at radius 1 is 1.32 bits per heavy atom. The van der Waals surface area contributed by atoms with Gasteiger partial charge in [0.2, 0.25) is 11.8 Å². The standard InChI is InChI=1S/C13H14BrFN2O2/c1-9(18)16-6-7-17-13(19)5-2-10-8-11(14)3-4-12(10)15/h2-5,8H,6-7H2,1H3,(H,16,18)(H,17,19). The summed E-state index contributed by atoms with van der Waals surface area (Å²) in [5.41, 5.74) is 0.325. The van der Waals surface area contributed by atoms with E-state index in [0.717, 1.165) is 4.47 Å².